The van der Waals surface area contributed by atoms with Gasteiger partial charge in [-0.3, -0.25) is 0 Å². The molecule has 0 heterocycles. The Morgan fingerprint density at radius 2 is 1.69 bits per heavy atom. The fraction of sp³-hybridized carbons (Fsp3) is 0.600. The van der Waals surface area contributed by atoms with Gasteiger partial charge < -0.3 is 5.73 Å². The van der Waals surface area contributed by atoms with Gasteiger partial charge in [-0.2, -0.15) is 0 Å². The lowest BCUT2D eigenvalue weighted by Gasteiger charge is -2.23. The number of benzene rings is 1. The van der Waals surface area contributed by atoms with Crippen LogP contribution in [0.15, 0.2) is 24.3 Å². The Balaban J connectivity index is 1.88. The molecule has 0 bridgehead atoms. The van der Waals surface area contributed by atoms with Crippen LogP contribution in [0.4, 0.5) is 0 Å². The average Bonchev–Trinajstić information content (AvgIpc) is 2.61. The van der Waals surface area contributed by atoms with E-state index in [0.29, 0.717) is 0 Å². The molecule has 0 saturated heterocycles. The van der Waals surface area contributed by atoms with Gasteiger partial charge in [0.2, 0.25) is 0 Å². The normalized spacial score (nSPS) is 17.4. The van der Waals surface area contributed by atoms with E-state index in [1.807, 2.05) is 0 Å². The van der Waals surface area contributed by atoms with Crippen molar-refractivity contribution in [2.75, 3.05) is 0 Å². The molecular weight excluding hydrogens is 194 g/mol. The summed E-state index contributed by atoms with van der Waals surface area (Å²) in [6, 6.07) is 8.72. The van der Waals surface area contributed by atoms with E-state index in [1.165, 1.54) is 43.2 Å². The lowest BCUT2D eigenvalue weighted by atomic mass is 9.90. The van der Waals surface area contributed by atoms with Gasteiger partial charge in [-0.15, -0.1) is 0 Å². The average molecular weight is 217 g/mol. The minimum atomic E-state index is 0.0530. The third-order valence-corrected chi connectivity index (χ3v) is 3.73. The summed E-state index contributed by atoms with van der Waals surface area (Å²) in [5.41, 5.74) is 9.49. The number of nitrogens with two attached hydrogens (primary N) is 1. The Bertz CT molecular complexity index is 318. The Morgan fingerprint density at radius 1 is 1.06 bits per heavy atom. The first-order chi connectivity index (χ1) is 7.73. The highest BCUT2D eigenvalue weighted by molar-refractivity contribution is 5.35. The summed E-state index contributed by atoms with van der Waals surface area (Å²) in [7, 11) is 0. The van der Waals surface area contributed by atoms with Crippen LogP contribution in [0.3, 0.4) is 0 Å². The van der Waals surface area contributed by atoms with E-state index >= 15 is 0 Å². The molecule has 88 valence electrons. The quantitative estimate of drug-likeness (QED) is 0.751. The maximum Gasteiger partial charge on any atom is 0.0236 e. The van der Waals surface area contributed by atoms with E-state index in [1.54, 1.807) is 0 Å². The van der Waals surface area contributed by atoms with Crippen LogP contribution in [0.1, 0.15) is 50.2 Å². The van der Waals surface area contributed by atoms with Crippen molar-refractivity contribution in [2.45, 2.75) is 57.4 Å². The standard InChI is InChI=1S/C15H23N/c1-2-3-4-7-10-15(16)11-13-8-5-6-9-14(13)12-15/h5-6,8-9H,2-4,7,10-12,16H2,1H3. The fourth-order valence-electron chi connectivity index (χ4n) is 2.80. The molecule has 1 aromatic rings. The second-order valence-electron chi connectivity index (χ2n) is 5.30. The highest BCUT2D eigenvalue weighted by Crippen LogP contribution is 2.31. The first-order valence-corrected chi connectivity index (χ1v) is 6.59. The van der Waals surface area contributed by atoms with Crippen molar-refractivity contribution in [3.05, 3.63) is 35.4 Å². The Kier molecular flexibility index (Phi) is 3.65. The molecule has 0 atom stereocenters. The largest absolute Gasteiger partial charge is 0.324 e. The summed E-state index contributed by atoms with van der Waals surface area (Å²) in [6.45, 7) is 2.25. The first-order valence-electron chi connectivity index (χ1n) is 6.59. The minimum Gasteiger partial charge on any atom is -0.324 e. The van der Waals surface area contributed by atoms with Crippen molar-refractivity contribution in [1.82, 2.24) is 0 Å². The predicted molar refractivity (Wildman–Crippen MR) is 69.5 cm³/mol. The summed E-state index contributed by atoms with van der Waals surface area (Å²) in [4.78, 5) is 0. The molecule has 1 nitrogen and oxygen atoms in total. The van der Waals surface area contributed by atoms with Crippen molar-refractivity contribution in [2.24, 2.45) is 5.73 Å². The van der Waals surface area contributed by atoms with Gasteiger partial charge in [0, 0.05) is 5.54 Å². The molecule has 0 unspecified atom stereocenters. The van der Waals surface area contributed by atoms with E-state index < -0.39 is 0 Å². The molecule has 0 spiro atoms. The number of unbranched alkanes of at least 4 members (excludes halogenated alkanes) is 3. The zero-order valence-electron chi connectivity index (χ0n) is 10.3. The topological polar surface area (TPSA) is 26.0 Å². The van der Waals surface area contributed by atoms with Crippen LogP contribution in [-0.4, -0.2) is 5.54 Å². The third-order valence-electron chi connectivity index (χ3n) is 3.73. The van der Waals surface area contributed by atoms with E-state index in [2.05, 4.69) is 31.2 Å². The number of hydrogen-bond acceptors (Lipinski definition) is 1. The van der Waals surface area contributed by atoms with E-state index in [0.717, 1.165) is 12.8 Å². The molecule has 0 aromatic heterocycles. The van der Waals surface area contributed by atoms with Crippen LogP contribution in [0.5, 0.6) is 0 Å². The molecule has 0 saturated carbocycles. The van der Waals surface area contributed by atoms with E-state index in [9.17, 15) is 0 Å². The summed E-state index contributed by atoms with van der Waals surface area (Å²) >= 11 is 0. The van der Waals surface area contributed by atoms with Gasteiger partial charge in [0.15, 0.2) is 0 Å². The first kappa shape index (κ1) is 11.7. The molecule has 0 radical (unpaired) electrons. The second-order valence-corrected chi connectivity index (χ2v) is 5.30. The van der Waals surface area contributed by atoms with E-state index in [4.69, 9.17) is 5.73 Å². The molecule has 0 amide bonds. The van der Waals surface area contributed by atoms with Crippen LogP contribution in [-0.2, 0) is 12.8 Å². The molecule has 0 aliphatic heterocycles. The molecule has 1 heteroatoms. The van der Waals surface area contributed by atoms with Gasteiger partial charge in [0.1, 0.15) is 0 Å². The fourth-order valence-corrected chi connectivity index (χ4v) is 2.80. The predicted octanol–water partition coefficient (Wildman–Crippen LogP) is 3.45. The monoisotopic (exact) mass is 217 g/mol. The number of hydrogen-bond donors (Lipinski definition) is 1. The van der Waals surface area contributed by atoms with Crippen LogP contribution < -0.4 is 5.73 Å². The maximum absolute atomic E-state index is 6.49. The molecule has 2 N–H and O–H groups in total. The SMILES string of the molecule is CCCCCCC1(N)Cc2ccccc2C1. The molecule has 2 rings (SSSR count). The molecule has 0 fully saturated rings. The molecule has 1 aliphatic rings. The Morgan fingerprint density at radius 3 is 2.25 bits per heavy atom. The van der Waals surface area contributed by atoms with Crippen molar-refractivity contribution in [1.29, 1.82) is 0 Å². The summed E-state index contributed by atoms with van der Waals surface area (Å²) in [5.74, 6) is 0. The molecular formula is C15H23N. The van der Waals surface area contributed by atoms with Crippen LogP contribution in [0, 0.1) is 0 Å². The Hall–Kier alpha value is -0.820. The molecule has 1 aliphatic carbocycles. The van der Waals surface area contributed by atoms with Crippen LogP contribution in [0.2, 0.25) is 0 Å². The van der Waals surface area contributed by atoms with Gasteiger partial charge in [-0.25, -0.2) is 0 Å². The van der Waals surface area contributed by atoms with Gasteiger partial charge in [0.05, 0.1) is 0 Å². The highest BCUT2D eigenvalue weighted by Gasteiger charge is 2.32. The van der Waals surface area contributed by atoms with E-state index in [-0.39, 0.29) is 5.54 Å². The Labute approximate surface area is 99.0 Å². The zero-order chi connectivity index (χ0) is 11.4. The van der Waals surface area contributed by atoms with Crippen molar-refractivity contribution >= 4 is 0 Å². The van der Waals surface area contributed by atoms with Gasteiger partial charge >= 0.3 is 0 Å². The van der Waals surface area contributed by atoms with Crippen molar-refractivity contribution < 1.29 is 0 Å². The smallest absolute Gasteiger partial charge is 0.0236 e. The molecule has 1 aromatic carbocycles. The van der Waals surface area contributed by atoms with Crippen LogP contribution in [0.25, 0.3) is 0 Å². The highest BCUT2D eigenvalue weighted by atomic mass is 14.7. The van der Waals surface area contributed by atoms with Crippen molar-refractivity contribution in [3.63, 3.8) is 0 Å². The minimum absolute atomic E-state index is 0.0530. The van der Waals surface area contributed by atoms with Gasteiger partial charge in [-0.1, -0.05) is 56.9 Å². The summed E-state index contributed by atoms with van der Waals surface area (Å²) < 4.78 is 0. The van der Waals surface area contributed by atoms with Crippen molar-refractivity contribution in [3.8, 4) is 0 Å². The second kappa shape index (κ2) is 5.01. The number of fused-ring (bicyclic) bond motifs is 1. The van der Waals surface area contributed by atoms with Gasteiger partial charge in [-0.05, 0) is 30.4 Å². The maximum atomic E-state index is 6.49. The lowest BCUT2D eigenvalue weighted by Crippen LogP contribution is -2.40. The molecule has 16 heavy (non-hydrogen) atoms. The summed E-state index contributed by atoms with van der Waals surface area (Å²) in [6.07, 6.45) is 8.62. The third kappa shape index (κ3) is 2.65. The zero-order valence-corrected chi connectivity index (χ0v) is 10.3. The summed E-state index contributed by atoms with van der Waals surface area (Å²) in [5, 5.41) is 0. The number of rotatable bonds is 5. The lowest BCUT2D eigenvalue weighted by molar-refractivity contribution is 0.392. The van der Waals surface area contributed by atoms with Crippen LogP contribution >= 0.6 is 0 Å². The van der Waals surface area contributed by atoms with Gasteiger partial charge in [0.25, 0.3) is 0 Å².